The zero-order chi connectivity index (χ0) is 15.8. The van der Waals surface area contributed by atoms with E-state index < -0.39 is 0 Å². The van der Waals surface area contributed by atoms with Gasteiger partial charge in [0.15, 0.2) is 0 Å². The SMILES string of the molecule is Cc1cc(-c2ccc3cnn(C)c3c2)nc(N2CCOCC2)n1. The van der Waals surface area contributed by atoms with Gasteiger partial charge < -0.3 is 9.64 Å². The summed E-state index contributed by atoms with van der Waals surface area (Å²) < 4.78 is 7.30. The minimum Gasteiger partial charge on any atom is -0.378 e. The van der Waals surface area contributed by atoms with Gasteiger partial charge in [0.25, 0.3) is 0 Å². The standard InChI is InChI=1S/C17H19N5O/c1-12-9-15(20-17(19-12)22-5-7-23-8-6-22)13-3-4-14-11-18-21(2)16(14)10-13/h3-4,9-11H,5-8H2,1-2H3. The summed E-state index contributed by atoms with van der Waals surface area (Å²) in [7, 11) is 1.95. The summed E-state index contributed by atoms with van der Waals surface area (Å²) >= 11 is 0. The van der Waals surface area contributed by atoms with E-state index in [0.717, 1.165) is 60.1 Å². The normalized spacial score (nSPS) is 15.3. The van der Waals surface area contributed by atoms with E-state index in [2.05, 4.69) is 33.2 Å². The van der Waals surface area contributed by atoms with Crippen molar-refractivity contribution in [1.82, 2.24) is 19.7 Å². The number of anilines is 1. The Bertz CT molecular complexity index is 851. The zero-order valence-corrected chi connectivity index (χ0v) is 13.4. The van der Waals surface area contributed by atoms with Crippen LogP contribution < -0.4 is 4.90 Å². The molecule has 1 saturated heterocycles. The molecule has 3 aromatic rings. The average molecular weight is 309 g/mol. The van der Waals surface area contributed by atoms with Crippen molar-refractivity contribution in [1.29, 1.82) is 0 Å². The molecule has 118 valence electrons. The predicted octanol–water partition coefficient (Wildman–Crippen LogP) is 2.18. The summed E-state index contributed by atoms with van der Waals surface area (Å²) in [4.78, 5) is 11.6. The molecule has 1 aliphatic rings. The third-order valence-electron chi connectivity index (χ3n) is 4.18. The van der Waals surface area contributed by atoms with Gasteiger partial charge in [-0.15, -0.1) is 0 Å². The number of hydrogen-bond acceptors (Lipinski definition) is 5. The molecule has 1 aliphatic heterocycles. The van der Waals surface area contributed by atoms with Crippen LogP contribution in [0.15, 0.2) is 30.5 Å². The minimum atomic E-state index is 0.730. The molecule has 0 N–H and O–H groups in total. The molecule has 0 saturated carbocycles. The first-order chi connectivity index (χ1) is 11.2. The maximum atomic E-state index is 5.41. The fourth-order valence-electron chi connectivity index (χ4n) is 2.91. The molecule has 0 radical (unpaired) electrons. The van der Waals surface area contributed by atoms with Gasteiger partial charge in [-0.2, -0.15) is 5.10 Å². The number of nitrogens with zero attached hydrogens (tertiary/aromatic N) is 5. The lowest BCUT2D eigenvalue weighted by atomic mass is 10.1. The lowest BCUT2D eigenvalue weighted by molar-refractivity contribution is 0.122. The Kier molecular flexibility index (Phi) is 3.46. The van der Waals surface area contributed by atoms with Crippen molar-refractivity contribution in [2.75, 3.05) is 31.2 Å². The highest BCUT2D eigenvalue weighted by molar-refractivity contribution is 5.83. The number of rotatable bonds is 2. The van der Waals surface area contributed by atoms with Crippen LogP contribution in [0.1, 0.15) is 5.69 Å². The van der Waals surface area contributed by atoms with Crippen LogP contribution in [-0.4, -0.2) is 46.1 Å². The molecule has 1 fully saturated rings. The Hall–Kier alpha value is -2.47. The summed E-state index contributed by atoms with van der Waals surface area (Å²) in [5.41, 5.74) is 4.11. The monoisotopic (exact) mass is 309 g/mol. The molecular weight excluding hydrogens is 290 g/mol. The number of aryl methyl sites for hydroxylation is 2. The Morgan fingerprint density at radius 1 is 1.09 bits per heavy atom. The fraction of sp³-hybridized carbons (Fsp3) is 0.353. The van der Waals surface area contributed by atoms with Crippen LogP contribution in [0.4, 0.5) is 5.95 Å². The molecule has 0 unspecified atom stereocenters. The van der Waals surface area contributed by atoms with E-state index in [0.29, 0.717) is 0 Å². The molecule has 0 amide bonds. The Labute approximate surface area is 134 Å². The second kappa shape index (κ2) is 5.62. The average Bonchev–Trinajstić information content (AvgIpc) is 2.96. The first-order valence-electron chi connectivity index (χ1n) is 7.81. The van der Waals surface area contributed by atoms with Gasteiger partial charge in [0.2, 0.25) is 5.95 Å². The van der Waals surface area contributed by atoms with E-state index in [1.165, 1.54) is 0 Å². The number of aromatic nitrogens is 4. The van der Waals surface area contributed by atoms with Crippen LogP contribution in [0, 0.1) is 6.92 Å². The van der Waals surface area contributed by atoms with Gasteiger partial charge in [-0.05, 0) is 19.1 Å². The molecule has 3 heterocycles. The van der Waals surface area contributed by atoms with Crippen LogP contribution in [0.3, 0.4) is 0 Å². The highest BCUT2D eigenvalue weighted by Gasteiger charge is 2.15. The molecule has 1 aromatic carbocycles. The highest BCUT2D eigenvalue weighted by Crippen LogP contribution is 2.25. The van der Waals surface area contributed by atoms with Crippen LogP contribution in [-0.2, 0) is 11.8 Å². The van der Waals surface area contributed by atoms with Gasteiger partial charge in [-0.3, -0.25) is 4.68 Å². The second-order valence-electron chi connectivity index (χ2n) is 5.84. The number of fused-ring (bicyclic) bond motifs is 1. The molecule has 6 heteroatoms. The Balaban J connectivity index is 1.77. The van der Waals surface area contributed by atoms with Gasteiger partial charge in [0, 0.05) is 36.8 Å². The summed E-state index contributed by atoms with van der Waals surface area (Å²) in [5, 5.41) is 5.44. The van der Waals surface area contributed by atoms with Crippen molar-refractivity contribution in [3.05, 3.63) is 36.2 Å². The lowest BCUT2D eigenvalue weighted by Crippen LogP contribution is -2.37. The number of morpholine rings is 1. The smallest absolute Gasteiger partial charge is 0.226 e. The molecule has 6 nitrogen and oxygen atoms in total. The van der Waals surface area contributed by atoms with Crippen molar-refractivity contribution in [2.24, 2.45) is 7.05 Å². The van der Waals surface area contributed by atoms with E-state index in [1.54, 1.807) is 0 Å². The Morgan fingerprint density at radius 3 is 2.74 bits per heavy atom. The molecule has 0 spiro atoms. The van der Waals surface area contributed by atoms with Crippen molar-refractivity contribution < 1.29 is 4.74 Å². The molecule has 2 aromatic heterocycles. The predicted molar refractivity (Wildman–Crippen MR) is 89.5 cm³/mol. The van der Waals surface area contributed by atoms with Gasteiger partial charge in [-0.25, -0.2) is 9.97 Å². The van der Waals surface area contributed by atoms with Crippen LogP contribution in [0.2, 0.25) is 0 Å². The number of ether oxygens (including phenoxy) is 1. The third-order valence-corrected chi connectivity index (χ3v) is 4.18. The van der Waals surface area contributed by atoms with Gasteiger partial charge in [0.1, 0.15) is 0 Å². The number of benzene rings is 1. The van der Waals surface area contributed by atoms with Gasteiger partial charge in [0.05, 0.1) is 30.6 Å². The van der Waals surface area contributed by atoms with Crippen LogP contribution in [0.5, 0.6) is 0 Å². The van der Waals surface area contributed by atoms with E-state index >= 15 is 0 Å². The van der Waals surface area contributed by atoms with Crippen LogP contribution in [0.25, 0.3) is 22.2 Å². The minimum absolute atomic E-state index is 0.730. The first kappa shape index (κ1) is 14.1. The molecule has 23 heavy (non-hydrogen) atoms. The van der Waals surface area contributed by atoms with Crippen molar-refractivity contribution >= 4 is 16.9 Å². The van der Waals surface area contributed by atoms with Crippen molar-refractivity contribution in [3.63, 3.8) is 0 Å². The fourth-order valence-corrected chi connectivity index (χ4v) is 2.91. The Morgan fingerprint density at radius 2 is 1.91 bits per heavy atom. The quantitative estimate of drug-likeness (QED) is 0.726. The molecule has 0 atom stereocenters. The number of hydrogen-bond donors (Lipinski definition) is 0. The molecular formula is C17H19N5O. The maximum absolute atomic E-state index is 5.41. The van der Waals surface area contributed by atoms with E-state index in [4.69, 9.17) is 9.72 Å². The summed E-state index contributed by atoms with van der Waals surface area (Å²) in [6.45, 7) is 5.15. The lowest BCUT2D eigenvalue weighted by Gasteiger charge is -2.27. The van der Waals surface area contributed by atoms with Crippen molar-refractivity contribution in [2.45, 2.75) is 6.92 Å². The van der Waals surface area contributed by atoms with Crippen LogP contribution >= 0.6 is 0 Å². The summed E-state index contributed by atoms with van der Waals surface area (Å²) in [6.07, 6.45) is 1.88. The van der Waals surface area contributed by atoms with E-state index in [-0.39, 0.29) is 0 Å². The maximum Gasteiger partial charge on any atom is 0.226 e. The summed E-state index contributed by atoms with van der Waals surface area (Å²) in [6, 6.07) is 8.34. The van der Waals surface area contributed by atoms with E-state index in [9.17, 15) is 0 Å². The molecule has 0 aliphatic carbocycles. The van der Waals surface area contributed by atoms with Crippen molar-refractivity contribution in [3.8, 4) is 11.3 Å². The van der Waals surface area contributed by atoms with Gasteiger partial charge in [-0.1, -0.05) is 12.1 Å². The largest absolute Gasteiger partial charge is 0.378 e. The highest BCUT2D eigenvalue weighted by atomic mass is 16.5. The van der Waals surface area contributed by atoms with Gasteiger partial charge >= 0.3 is 0 Å². The van der Waals surface area contributed by atoms with E-state index in [1.807, 2.05) is 30.9 Å². The molecule has 4 rings (SSSR count). The first-order valence-corrected chi connectivity index (χ1v) is 7.81. The summed E-state index contributed by atoms with van der Waals surface area (Å²) in [5.74, 6) is 0.786. The zero-order valence-electron chi connectivity index (χ0n) is 13.4. The topological polar surface area (TPSA) is 56.1 Å². The third kappa shape index (κ3) is 2.66. The molecule has 0 bridgehead atoms. The second-order valence-corrected chi connectivity index (χ2v) is 5.84.